The van der Waals surface area contributed by atoms with E-state index in [1.54, 1.807) is 0 Å². The molecule has 2 heteroatoms. The molecule has 15 heavy (non-hydrogen) atoms. The van der Waals surface area contributed by atoms with Crippen molar-refractivity contribution in [2.45, 2.75) is 26.8 Å². The molecule has 0 radical (unpaired) electrons. The van der Waals surface area contributed by atoms with Crippen molar-refractivity contribution >= 4 is 0 Å². The zero-order valence-corrected chi connectivity index (χ0v) is 10.2. The number of nitrogens with zero attached hydrogens (tertiary/aromatic N) is 1. The molecule has 84 valence electrons. The zero-order chi connectivity index (χ0) is 11.4. The summed E-state index contributed by atoms with van der Waals surface area (Å²) in [5.74, 6) is 0. The van der Waals surface area contributed by atoms with Crippen LogP contribution in [0.25, 0.3) is 0 Å². The average molecular weight is 206 g/mol. The van der Waals surface area contributed by atoms with E-state index in [9.17, 15) is 0 Å². The second kappa shape index (κ2) is 5.29. The van der Waals surface area contributed by atoms with Crippen molar-refractivity contribution in [2.75, 3.05) is 20.1 Å². The molecule has 1 unspecified atom stereocenters. The lowest BCUT2D eigenvalue weighted by atomic mass is 9.99. The summed E-state index contributed by atoms with van der Waals surface area (Å²) in [6.07, 6.45) is 0. The third-order valence-corrected chi connectivity index (χ3v) is 2.87. The van der Waals surface area contributed by atoms with Gasteiger partial charge in [-0.1, -0.05) is 30.7 Å². The molecule has 0 heterocycles. The summed E-state index contributed by atoms with van der Waals surface area (Å²) in [5.41, 5.74) is 10.0. The van der Waals surface area contributed by atoms with Crippen LogP contribution in [0.1, 0.15) is 29.7 Å². The smallest absolute Gasteiger partial charge is 0.0426 e. The number of hydrogen-bond acceptors (Lipinski definition) is 2. The maximum Gasteiger partial charge on any atom is 0.0426 e. The number of likely N-dealkylation sites (N-methyl/N-ethyl adjacent to an activating group) is 1. The number of nitrogens with two attached hydrogens (primary N) is 1. The molecule has 0 spiro atoms. The van der Waals surface area contributed by atoms with Gasteiger partial charge in [0.25, 0.3) is 0 Å². The standard InChI is InChI=1S/C13H22N2/c1-5-15(4)9-13(14)12-7-6-10(2)8-11(12)3/h6-8,13H,5,9,14H2,1-4H3. The maximum absolute atomic E-state index is 6.18. The first kappa shape index (κ1) is 12.2. The van der Waals surface area contributed by atoms with E-state index in [1.807, 2.05) is 0 Å². The normalized spacial score (nSPS) is 13.2. The van der Waals surface area contributed by atoms with Gasteiger partial charge in [0.2, 0.25) is 0 Å². The van der Waals surface area contributed by atoms with Gasteiger partial charge >= 0.3 is 0 Å². The molecule has 1 atom stereocenters. The van der Waals surface area contributed by atoms with Crippen LogP contribution in [0.5, 0.6) is 0 Å². The number of aryl methyl sites for hydroxylation is 2. The predicted molar refractivity (Wildman–Crippen MR) is 66.0 cm³/mol. The first-order valence-electron chi connectivity index (χ1n) is 5.56. The highest BCUT2D eigenvalue weighted by Gasteiger charge is 2.10. The Morgan fingerprint density at radius 2 is 2.00 bits per heavy atom. The second-order valence-electron chi connectivity index (χ2n) is 4.32. The Kier molecular flexibility index (Phi) is 4.30. The van der Waals surface area contributed by atoms with Crippen LogP contribution in [0.2, 0.25) is 0 Å². The van der Waals surface area contributed by atoms with Gasteiger partial charge in [-0.3, -0.25) is 0 Å². The van der Waals surface area contributed by atoms with Gasteiger partial charge in [-0.15, -0.1) is 0 Å². The predicted octanol–water partition coefficient (Wildman–Crippen LogP) is 2.25. The van der Waals surface area contributed by atoms with E-state index >= 15 is 0 Å². The van der Waals surface area contributed by atoms with Crippen LogP contribution in [0, 0.1) is 13.8 Å². The highest BCUT2D eigenvalue weighted by atomic mass is 15.1. The number of rotatable bonds is 4. The molecule has 0 saturated heterocycles. The van der Waals surface area contributed by atoms with E-state index in [1.165, 1.54) is 16.7 Å². The van der Waals surface area contributed by atoms with Crippen LogP contribution in [0.15, 0.2) is 18.2 Å². The molecular formula is C13H22N2. The number of hydrogen-bond donors (Lipinski definition) is 1. The Hall–Kier alpha value is -0.860. The molecular weight excluding hydrogens is 184 g/mol. The minimum absolute atomic E-state index is 0.121. The molecule has 0 amide bonds. The van der Waals surface area contributed by atoms with Crippen LogP contribution >= 0.6 is 0 Å². The lowest BCUT2D eigenvalue weighted by molar-refractivity contribution is 0.328. The summed E-state index contributed by atoms with van der Waals surface area (Å²) in [7, 11) is 2.10. The molecule has 0 fully saturated rings. The fraction of sp³-hybridized carbons (Fsp3) is 0.538. The lowest BCUT2D eigenvalue weighted by Crippen LogP contribution is -2.29. The Labute approximate surface area is 93.1 Å². The van der Waals surface area contributed by atoms with Gasteiger partial charge in [-0.05, 0) is 38.6 Å². The maximum atomic E-state index is 6.18. The van der Waals surface area contributed by atoms with E-state index in [4.69, 9.17) is 5.73 Å². The van der Waals surface area contributed by atoms with Crippen molar-refractivity contribution < 1.29 is 0 Å². The monoisotopic (exact) mass is 206 g/mol. The Morgan fingerprint density at radius 1 is 1.33 bits per heavy atom. The number of benzene rings is 1. The molecule has 1 aromatic rings. The van der Waals surface area contributed by atoms with Crippen LogP contribution in [-0.2, 0) is 0 Å². The van der Waals surface area contributed by atoms with Gasteiger partial charge in [0.05, 0.1) is 0 Å². The summed E-state index contributed by atoms with van der Waals surface area (Å²) in [6, 6.07) is 6.60. The summed E-state index contributed by atoms with van der Waals surface area (Å²) in [4.78, 5) is 2.24. The third-order valence-electron chi connectivity index (χ3n) is 2.87. The molecule has 0 aliphatic carbocycles. The van der Waals surface area contributed by atoms with Gasteiger partial charge in [0, 0.05) is 12.6 Å². The van der Waals surface area contributed by atoms with E-state index < -0.39 is 0 Å². The molecule has 1 aromatic carbocycles. The van der Waals surface area contributed by atoms with Crippen molar-refractivity contribution in [3.8, 4) is 0 Å². The molecule has 0 saturated carbocycles. The van der Waals surface area contributed by atoms with E-state index in [0.29, 0.717) is 0 Å². The molecule has 0 aliphatic heterocycles. The Morgan fingerprint density at radius 3 is 2.53 bits per heavy atom. The summed E-state index contributed by atoms with van der Waals surface area (Å²) in [5, 5.41) is 0. The minimum atomic E-state index is 0.121. The fourth-order valence-electron chi connectivity index (χ4n) is 1.80. The van der Waals surface area contributed by atoms with Crippen LogP contribution in [0.3, 0.4) is 0 Å². The molecule has 1 rings (SSSR count). The highest BCUT2D eigenvalue weighted by Crippen LogP contribution is 2.17. The molecule has 2 nitrogen and oxygen atoms in total. The van der Waals surface area contributed by atoms with Crippen molar-refractivity contribution in [3.05, 3.63) is 34.9 Å². The second-order valence-corrected chi connectivity index (χ2v) is 4.32. The van der Waals surface area contributed by atoms with E-state index in [2.05, 4.69) is 50.9 Å². The van der Waals surface area contributed by atoms with Gasteiger partial charge in [-0.2, -0.15) is 0 Å². The summed E-state index contributed by atoms with van der Waals surface area (Å²) in [6.45, 7) is 8.35. The van der Waals surface area contributed by atoms with Gasteiger partial charge < -0.3 is 10.6 Å². The van der Waals surface area contributed by atoms with Gasteiger partial charge in [0.15, 0.2) is 0 Å². The minimum Gasteiger partial charge on any atom is -0.323 e. The molecule has 2 N–H and O–H groups in total. The van der Waals surface area contributed by atoms with E-state index in [0.717, 1.165) is 13.1 Å². The summed E-state index contributed by atoms with van der Waals surface area (Å²) >= 11 is 0. The van der Waals surface area contributed by atoms with E-state index in [-0.39, 0.29) is 6.04 Å². The van der Waals surface area contributed by atoms with Gasteiger partial charge in [-0.25, -0.2) is 0 Å². The van der Waals surface area contributed by atoms with Crippen LogP contribution in [-0.4, -0.2) is 25.0 Å². The van der Waals surface area contributed by atoms with Crippen molar-refractivity contribution in [3.63, 3.8) is 0 Å². The molecule has 0 bridgehead atoms. The average Bonchev–Trinajstić information content (AvgIpc) is 2.17. The molecule has 0 aromatic heterocycles. The fourth-order valence-corrected chi connectivity index (χ4v) is 1.80. The first-order valence-corrected chi connectivity index (χ1v) is 5.56. The highest BCUT2D eigenvalue weighted by molar-refractivity contribution is 5.32. The first-order chi connectivity index (χ1) is 7.04. The quantitative estimate of drug-likeness (QED) is 0.818. The Balaban J connectivity index is 2.77. The SMILES string of the molecule is CCN(C)CC(N)c1ccc(C)cc1C. The summed E-state index contributed by atoms with van der Waals surface area (Å²) < 4.78 is 0. The zero-order valence-electron chi connectivity index (χ0n) is 10.2. The van der Waals surface area contributed by atoms with Gasteiger partial charge in [0.1, 0.15) is 0 Å². The molecule has 0 aliphatic rings. The van der Waals surface area contributed by atoms with Crippen molar-refractivity contribution in [1.82, 2.24) is 4.90 Å². The van der Waals surface area contributed by atoms with Crippen molar-refractivity contribution in [2.24, 2.45) is 5.73 Å². The topological polar surface area (TPSA) is 29.3 Å². The lowest BCUT2D eigenvalue weighted by Gasteiger charge is -2.21. The van der Waals surface area contributed by atoms with Crippen LogP contribution in [0.4, 0.5) is 0 Å². The van der Waals surface area contributed by atoms with Crippen LogP contribution < -0.4 is 5.73 Å². The third kappa shape index (κ3) is 3.33. The Bertz CT molecular complexity index is 320. The van der Waals surface area contributed by atoms with Crippen molar-refractivity contribution in [1.29, 1.82) is 0 Å². The largest absolute Gasteiger partial charge is 0.323 e.